The predicted octanol–water partition coefficient (Wildman–Crippen LogP) is 3.50. The number of hydrogen-bond donors (Lipinski definition) is 1. The minimum Gasteiger partial charge on any atom is -0.381 e. The number of nitrogens with one attached hydrogen (secondary N) is 1. The van der Waals surface area contributed by atoms with E-state index in [1.807, 2.05) is 7.11 Å². The first-order chi connectivity index (χ1) is 8.29. The molecule has 100 valence electrons. The Bertz CT molecular complexity index is 219. The Kier molecular flexibility index (Phi) is 5.30. The van der Waals surface area contributed by atoms with Crippen molar-refractivity contribution in [1.82, 2.24) is 5.32 Å². The third kappa shape index (κ3) is 3.96. The lowest BCUT2D eigenvalue weighted by molar-refractivity contribution is 0.0552. The van der Waals surface area contributed by atoms with E-state index in [-0.39, 0.29) is 0 Å². The quantitative estimate of drug-likeness (QED) is 0.761. The summed E-state index contributed by atoms with van der Waals surface area (Å²) < 4.78 is 5.52. The average molecular weight is 239 g/mol. The summed E-state index contributed by atoms with van der Waals surface area (Å²) in [6, 6.07) is 1.47. The monoisotopic (exact) mass is 239 g/mol. The summed E-state index contributed by atoms with van der Waals surface area (Å²) in [4.78, 5) is 0. The number of hydrogen-bond acceptors (Lipinski definition) is 2. The molecule has 2 nitrogen and oxygen atoms in total. The van der Waals surface area contributed by atoms with Crippen LogP contribution in [0, 0.1) is 5.92 Å². The largest absolute Gasteiger partial charge is 0.381 e. The maximum atomic E-state index is 5.52. The molecule has 0 saturated heterocycles. The number of ether oxygens (including phenoxy) is 1. The van der Waals surface area contributed by atoms with Gasteiger partial charge in [0.15, 0.2) is 0 Å². The van der Waals surface area contributed by atoms with Gasteiger partial charge in [-0.2, -0.15) is 0 Å². The normalized spacial score (nSPS) is 39.9. The van der Waals surface area contributed by atoms with E-state index in [2.05, 4.69) is 12.2 Å². The van der Waals surface area contributed by atoms with Gasteiger partial charge in [0.1, 0.15) is 0 Å². The van der Waals surface area contributed by atoms with E-state index in [0.29, 0.717) is 12.1 Å². The van der Waals surface area contributed by atoms with Crippen molar-refractivity contribution in [3.63, 3.8) is 0 Å². The van der Waals surface area contributed by atoms with E-state index in [9.17, 15) is 0 Å². The molecule has 2 saturated carbocycles. The molecule has 0 aromatic heterocycles. The molecule has 2 rings (SSSR count). The molecule has 2 aliphatic rings. The SMILES string of the molecule is COC1CCCC(NC2CCCCCC2C)C1. The zero-order valence-corrected chi connectivity index (χ0v) is 11.6. The van der Waals surface area contributed by atoms with Crippen molar-refractivity contribution in [3.8, 4) is 0 Å². The van der Waals surface area contributed by atoms with Crippen LogP contribution >= 0.6 is 0 Å². The van der Waals surface area contributed by atoms with Crippen molar-refractivity contribution in [3.05, 3.63) is 0 Å². The lowest BCUT2D eigenvalue weighted by Gasteiger charge is -2.34. The molecule has 17 heavy (non-hydrogen) atoms. The molecule has 0 spiro atoms. The van der Waals surface area contributed by atoms with Crippen LogP contribution in [-0.2, 0) is 4.74 Å². The third-order valence-corrected chi connectivity index (χ3v) is 4.77. The Labute approximate surface area is 107 Å². The number of rotatable bonds is 3. The summed E-state index contributed by atoms with van der Waals surface area (Å²) in [5.74, 6) is 0.862. The van der Waals surface area contributed by atoms with Crippen molar-refractivity contribution in [2.45, 2.75) is 82.9 Å². The van der Waals surface area contributed by atoms with E-state index >= 15 is 0 Å². The second kappa shape index (κ2) is 6.75. The average Bonchev–Trinajstić information content (AvgIpc) is 2.55. The molecule has 0 aromatic carbocycles. The minimum absolute atomic E-state index is 0.502. The van der Waals surface area contributed by atoms with Gasteiger partial charge in [0.05, 0.1) is 6.10 Å². The van der Waals surface area contributed by atoms with E-state index in [0.717, 1.165) is 12.0 Å². The maximum Gasteiger partial charge on any atom is 0.0586 e. The van der Waals surface area contributed by atoms with Crippen LogP contribution in [0.2, 0.25) is 0 Å². The van der Waals surface area contributed by atoms with Crippen molar-refractivity contribution in [1.29, 1.82) is 0 Å². The van der Waals surface area contributed by atoms with Gasteiger partial charge in [-0.1, -0.05) is 26.2 Å². The fraction of sp³-hybridized carbons (Fsp3) is 1.00. The lowest BCUT2D eigenvalue weighted by Crippen LogP contribution is -2.45. The summed E-state index contributed by atoms with van der Waals surface area (Å²) in [6.45, 7) is 2.43. The first-order valence-electron chi connectivity index (χ1n) is 7.58. The first-order valence-corrected chi connectivity index (χ1v) is 7.58. The zero-order chi connectivity index (χ0) is 12.1. The van der Waals surface area contributed by atoms with Crippen molar-refractivity contribution in [2.75, 3.05) is 7.11 Å². The van der Waals surface area contributed by atoms with Crippen molar-refractivity contribution in [2.24, 2.45) is 5.92 Å². The van der Waals surface area contributed by atoms with Gasteiger partial charge in [0, 0.05) is 19.2 Å². The predicted molar refractivity (Wildman–Crippen MR) is 72.2 cm³/mol. The fourth-order valence-corrected chi connectivity index (χ4v) is 3.55. The van der Waals surface area contributed by atoms with Crippen LogP contribution in [-0.4, -0.2) is 25.3 Å². The Morgan fingerprint density at radius 3 is 2.59 bits per heavy atom. The van der Waals surface area contributed by atoms with Gasteiger partial charge in [-0.05, 0) is 44.4 Å². The molecule has 0 heterocycles. The molecule has 0 bridgehead atoms. The van der Waals surface area contributed by atoms with Crippen LogP contribution in [0.4, 0.5) is 0 Å². The molecule has 1 N–H and O–H groups in total. The summed E-state index contributed by atoms with van der Waals surface area (Å²) in [5, 5.41) is 3.93. The molecule has 0 amide bonds. The van der Waals surface area contributed by atoms with Crippen LogP contribution < -0.4 is 5.32 Å². The standard InChI is InChI=1S/C15H29NO/c1-12-7-4-3-5-10-15(12)16-13-8-6-9-14(11-13)17-2/h12-16H,3-11H2,1-2H3. The van der Waals surface area contributed by atoms with Gasteiger partial charge >= 0.3 is 0 Å². The third-order valence-electron chi connectivity index (χ3n) is 4.77. The molecule has 2 heteroatoms. The van der Waals surface area contributed by atoms with Crippen molar-refractivity contribution >= 4 is 0 Å². The van der Waals surface area contributed by atoms with Gasteiger partial charge in [0.2, 0.25) is 0 Å². The van der Waals surface area contributed by atoms with Gasteiger partial charge < -0.3 is 10.1 Å². The summed E-state index contributed by atoms with van der Waals surface area (Å²) in [7, 11) is 1.86. The molecular formula is C15H29NO. The van der Waals surface area contributed by atoms with E-state index in [4.69, 9.17) is 4.74 Å². The first kappa shape index (κ1) is 13.4. The van der Waals surface area contributed by atoms with Crippen LogP contribution in [0.3, 0.4) is 0 Å². The van der Waals surface area contributed by atoms with E-state index < -0.39 is 0 Å². The number of methoxy groups -OCH3 is 1. The van der Waals surface area contributed by atoms with Gasteiger partial charge in [0.25, 0.3) is 0 Å². The Balaban J connectivity index is 1.81. The van der Waals surface area contributed by atoms with Gasteiger partial charge in [-0.15, -0.1) is 0 Å². The lowest BCUT2D eigenvalue weighted by atomic mass is 9.89. The Hall–Kier alpha value is -0.0800. The van der Waals surface area contributed by atoms with Crippen molar-refractivity contribution < 1.29 is 4.74 Å². The molecule has 2 aliphatic carbocycles. The van der Waals surface area contributed by atoms with E-state index in [1.54, 1.807) is 0 Å². The Morgan fingerprint density at radius 2 is 1.76 bits per heavy atom. The maximum absolute atomic E-state index is 5.52. The van der Waals surface area contributed by atoms with Gasteiger partial charge in [-0.25, -0.2) is 0 Å². The van der Waals surface area contributed by atoms with Crippen LogP contribution in [0.15, 0.2) is 0 Å². The second-order valence-electron chi connectivity index (χ2n) is 6.11. The van der Waals surface area contributed by atoms with Crippen LogP contribution in [0.1, 0.15) is 64.7 Å². The summed E-state index contributed by atoms with van der Waals surface area (Å²) >= 11 is 0. The molecule has 4 atom stereocenters. The summed E-state index contributed by atoms with van der Waals surface area (Å²) in [6.07, 6.45) is 12.8. The highest BCUT2D eigenvalue weighted by Gasteiger charge is 2.26. The van der Waals surface area contributed by atoms with E-state index in [1.165, 1.54) is 57.8 Å². The Morgan fingerprint density at radius 1 is 0.941 bits per heavy atom. The highest BCUT2D eigenvalue weighted by atomic mass is 16.5. The topological polar surface area (TPSA) is 21.3 Å². The molecule has 0 aromatic rings. The highest BCUT2D eigenvalue weighted by molar-refractivity contribution is 4.84. The minimum atomic E-state index is 0.502. The van der Waals surface area contributed by atoms with Crippen LogP contribution in [0.5, 0.6) is 0 Å². The highest BCUT2D eigenvalue weighted by Crippen LogP contribution is 2.26. The smallest absolute Gasteiger partial charge is 0.0586 e. The van der Waals surface area contributed by atoms with Gasteiger partial charge in [-0.3, -0.25) is 0 Å². The second-order valence-corrected chi connectivity index (χ2v) is 6.11. The van der Waals surface area contributed by atoms with Crippen LogP contribution in [0.25, 0.3) is 0 Å². The zero-order valence-electron chi connectivity index (χ0n) is 11.6. The fourth-order valence-electron chi connectivity index (χ4n) is 3.55. The molecule has 4 unspecified atom stereocenters. The molecule has 0 radical (unpaired) electrons. The summed E-state index contributed by atoms with van der Waals surface area (Å²) in [5.41, 5.74) is 0. The molecule has 2 fully saturated rings. The molecule has 0 aliphatic heterocycles. The molecular weight excluding hydrogens is 210 g/mol.